The molecule has 6 nitrogen and oxygen atoms in total. The lowest BCUT2D eigenvalue weighted by Gasteiger charge is -2.22. The average Bonchev–Trinajstić information content (AvgIpc) is 3.02. The molecule has 1 saturated heterocycles. The molecule has 126 valence electrons. The lowest BCUT2D eigenvalue weighted by molar-refractivity contribution is -0.145. The topological polar surface area (TPSA) is 65.2 Å². The van der Waals surface area contributed by atoms with E-state index in [9.17, 15) is 13.2 Å². The van der Waals surface area contributed by atoms with Crippen LogP contribution in [0.15, 0.2) is 18.3 Å². The maximum Gasteiger partial charge on any atom is 0.452 e. The third-order valence-electron chi connectivity index (χ3n) is 3.75. The second-order valence-electron chi connectivity index (χ2n) is 5.37. The zero-order valence-electron chi connectivity index (χ0n) is 12.3. The normalized spacial score (nSPS) is 16.8. The molecular weight excluding hydrogens is 343 g/mol. The minimum absolute atomic E-state index is 0.0522. The first kappa shape index (κ1) is 15.4. The summed E-state index contributed by atoms with van der Waals surface area (Å²) in [4.78, 5) is 8.32. The van der Waals surface area contributed by atoms with Crippen molar-refractivity contribution in [3.05, 3.63) is 24.2 Å². The molecule has 0 saturated carbocycles. The lowest BCUT2D eigenvalue weighted by atomic mass is 10.2. The quantitative estimate of drug-likeness (QED) is 0.704. The largest absolute Gasteiger partial charge is 0.472 e. The van der Waals surface area contributed by atoms with Gasteiger partial charge in [0.15, 0.2) is 5.65 Å². The summed E-state index contributed by atoms with van der Waals surface area (Å²) in [6.07, 6.45) is -1.68. The van der Waals surface area contributed by atoms with Crippen LogP contribution in [0, 0.1) is 0 Å². The van der Waals surface area contributed by atoms with Gasteiger partial charge in [-0.1, -0.05) is 0 Å². The maximum absolute atomic E-state index is 13.3. The highest BCUT2D eigenvalue weighted by Crippen LogP contribution is 2.32. The Hall–Kier alpha value is -2.10. The highest BCUT2D eigenvalue weighted by molar-refractivity contribution is 7.99. The number of hydrogen-bond donors (Lipinski definition) is 0. The summed E-state index contributed by atoms with van der Waals surface area (Å²) in [5.41, 5.74) is 0.290. The maximum atomic E-state index is 13.3. The molecule has 4 rings (SSSR count). The first-order valence-electron chi connectivity index (χ1n) is 7.35. The van der Waals surface area contributed by atoms with E-state index in [-0.39, 0.29) is 23.3 Å². The van der Waals surface area contributed by atoms with Gasteiger partial charge in [0, 0.05) is 6.20 Å². The number of halogens is 3. The zero-order valence-corrected chi connectivity index (χ0v) is 13.1. The minimum Gasteiger partial charge on any atom is -0.472 e. The van der Waals surface area contributed by atoms with Crippen molar-refractivity contribution in [2.75, 3.05) is 11.5 Å². The van der Waals surface area contributed by atoms with Gasteiger partial charge < -0.3 is 4.74 Å². The number of rotatable bonds is 2. The number of thioether (sulfide) groups is 1. The van der Waals surface area contributed by atoms with Gasteiger partial charge in [0.1, 0.15) is 11.6 Å². The third-order valence-corrected chi connectivity index (χ3v) is 4.80. The van der Waals surface area contributed by atoms with Gasteiger partial charge in [0.25, 0.3) is 5.88 Å². The smallest absolute Gasteiger partial charge is 0.452 e. The molecule has 0 spiro atoms. The van der Waals surface area contributed by atoms with Gasteiger partial charge in [-0.25, -0.2) is 14.4 Å². The van der Waals surface area contributed by atoms with Gasteiger partial charge in [-0.2, -0.15) is 24.9 Å². The van der Waals surface area contributed by atoms with Gasteiger partial charge >= 0.3 is 6.18 Å². The fourth-order valence-electron chi connectivity index (χ4n) is 2.65. The number of fused-ring (bicyclic) bond motifs is 3. The summed E-state index contributed by atoms with van der Waals surface area (Å²) in [7, 11) is 0. The van der Waals surface area contributed by atoms with Crippen molar-refractivity contribution in [2.45, 2.75) is 25.1 Å². The Morgan fingerprint density at radius 2 is 1.96 bits per heavy atom. The van der Waals surface area contributed by atoms with Crippen molar-refractivity contribution < 1.29 is 17.9 Å². The molecule has 0 aliphatic carbocycles. The summed E-state index contributed by atoms with van der Waals surface area (Å²) in [6.45, 7) is 0. The highest BCUT2D eigenvalue weighted by Gasteiger charge is 2.38. The predicted octanol–water partition coefficient (Wildman–Crippen LogP) is 2.97. The zero-order chi connectivity index (χ0) is 16.7. The van der Waals surface area contributed by atoms with Crippen molar-refractivity contribution in [2.24, 2.45) is 0 Å². The molecule has 0 aromatic carbocycles. The van der Waals surface area contributed by atoms with Crippen LogP contribution in [0.3, 0.4) is 0 Å². The number of ether oxygens (including phenoxy) is 1. The fourth-order valence-corrected chi connectivity index (χ4v) is 3.71. The van der Waals surface area contributed by atoms with E-state index in [4.69, 9.17) is 4.74 Å². The van der Waals surface area contributed by atoms with E-state index in [1.165, 1.54) is 6.20 Å². The van der Waals surface area contributed by atoms with Crippen molar-refractivity contribution >= 4 is 28.6 Å². The van der Waals surface area contributed by atoms with Crippen LogP contribution in [0.2, 0.25) is 0 Å². The molecule has 10 heteroatoms. The fraction of sp³-hybridized carbons (Fsp3) is 0.429. The van der Waals surface area contributed by atoms with Gasteiger partial charge in [0.2, 0.25) is 11.5 Å². The van der Waals surface area contributed by atoms with E-state index in [1.807, 2.05) is 11.8 Å². The standard InChI is InChI=1S/C14H12F3N5OS/c15-14(16,17)13-21-20-11-12(23-8-3-6-24-7-4-8)19-9-2-1-5-18-10(9)22(11)13/h1-2,5,8H,3-4,6-7H2. The monoisotopic (exact) mass is 355 g/mol. The summed E-state index contributed by atoms with van der Waals surface area (Å²) < 4.78 is 46.5. The van der Waals surface area contributed by atoms with E-state index in [2.05, 4.69) is 20.2 Å². The highest BCUT2D eigenvalue weighted by atomic mass is 32.2. The molecule has 1 aliphatic heterocycles. The third kappa shape index (κ3) is 2.64. The van der Waals surface area contributed by atoms with Crippen LogP contribution >= 0.6 is 11.8 Å². The SMILES string of the molecule is FC(F)(F)c1nnc2c(OC3CCSCC3)nc3cccnc3n12. The van der Waals surface area contributed by atoms with E-state index in [1.54, 1.807) is 12.1 Å². The number of alkyl halides is 3. The molecule has 0 unspecified atom stereocenters. The van der Waals surface area contributed by atoms with Crippen molar-refractivity contribution in [1.82, 2.24) is 24.6 Å². The second-order valence-corrected chi connectivity index (χ2v) is 6.60. The van der Waals surface area contributed by atoms with Crippen LogP contribution < -0.4 is 4.74 Å². The number of pyridine rings is 1. The molecule has 0 N–H and O–H groups in total. The Morgan fingerprint density at radius 1 is 1.17 bits per heavy atom. The first-order valence-corrected chi connectivity index (χ1v) is 8.51. The Bertz CT molecular complexity index is 891. The molecule has 1 aliphatic rings. The molecule has 0 amide bonds. The summed E-state index contributed by atoms with van der Waals surface area (Å²) in [6, 6.07) is 3.20. The van der Waals surface area contributed by atoms with E-state index >= 15 is 0 Å². The van der Waals surface area contributed by atoms with Gasteiger partial charge in [0.05, 0.1) is 0 Å². The molecule has 24 heavy (non-hydrogen) atoms. The Morgan fingerprint density at radius 3 is 2.71 bits per heavy atom. The number of nitrogens with zero attached hydrogens (tertiary/aromatic N) is 5. The van der Waals surface area contributed by atoms with Crippen LogP contribution in [0.25, 0.3) is 16.8 Å². The second kappa shape index (κ2) is 5.76. The number of aromatic nitrogens is 5. The lowest BCUT2D eigenvalue weighted by Crippen LogP contribution is -2.23. The van der Waals surface area contributed by atoms with Crippen molar-refractivity contribution in [1.29, 1.82) is 0 Å². The molecule has 0 radical (unpaired) electrons. The summed E-state index contributed by atoms with van der Waals surface area (Å²) >= 11 is 1.83. The average molecular weight is 355 g/mol. The van der Waals surface area contributed by atoms with E-state index in [0.29, 0.717) is 5.52 Å². The molecule has 0 atom stereocenters. The van der Waals surface area contributed by atoms with Crippen LogP contribution in [0.5, 0.6) is 5.88 Å². The van der Waals surface area contributed by atoms with Crippen LogP contribution in [0.1, 0.15) is 18.7 Å². The van der Waals surface area contributed by atoms with E-state index < -0.39 is 12.0 Å². The van der Waals surface area contributed by atoms with Crippen LogP contribution in [0.4, 0.5) is 13.2 Å². The Kier molecular flexibility index (Phi) is 3.70. The Labute approximate surface area is 138 Å². The molecular formula is C14H12F3N5OS. The van der Waals surface area contributed by atoms with Crippen LogP contribution in [-0.2, 0) is 6.18 Å². The molecule has 3 aromatic heterocycles. The van der Waals surface area contributed by atoms with Gasteiger partial charge in [-0.05, 0) is 36.5 Å². The molecule has 1 fully saturated rings. The minimum atomic E-state index is -4.65. The summed E-state index contributed by atoms with van der Waals surface area (Å²) in [5.74, 6) is 0.843. The number of hydrogen-bond acceptors (Lipinski definition) is 6. The summed E-state index contributed by atoms with van der Waals surface area (Å²) in [5, 5.41) is 6.96. The van der Waals surface area contributed by atoms with Crippen molar-refractivity contribution in [3.63, 3.8) is 0 Å². The molecule has 0 bridgehead atoms. The van der Waals surface area contributed by atoms with Gasteiger partial charge in [-0.15, -0.1) is 10.2 Å². The predicted molar refractivity (Wildman–Crippen MR) is 82.1 cm³/mol. The van der Waals surface area contributed by atoms with Crippen LogP contribution in [-0.4, -0.2) is 42.2 Å². The molecule has 4 heterocycles. The van der Waals surface area contributed by atoms with E-state index in [0.717, 1.165) is 28.7 Å². The Balaban J connectivity index is 1.91. The van der Waals surface area contributed by atoms with Crippen molar-refractivity contribution in [3.8, 4) is 5.88 Å². The van der Waals surface area contributed by atoms with Gasteiger partial charge in [-0.3, -0.25) is 0 Å². The molecule has 3 aromatic rings. The first-order chi connectivity index (χ1) is 11.5.